The molecule has 1 aromatic carbocycles. The highest BCUT2D eigenvalue weighted by atomic mass is 19.3. The average molecular weight is 262 g/mol. The van der Waals surface area contributed by atoms with Crippen molar-refractivity contribution in [3.63, 3.8) is 0 Å². The summed E-state index contributed by atoms with van der Waals surface area (Å²) in [6.45, 7) is 4.04. The summed E-state index contributed by atoms with van der Waals surface area (Å²) < 4.78 is 28.6. The lowest BCUT2D eigenvalue weighted by atomic mass is 9.92. The van der Waals surface area contributed by atoms with E-state index in [0.717, 1.165) is 24.0 Å². The summed E-state index contributed by atoms with van der Waals surface area (Å²) in [5, 5.41) is 0. The molecule has 0 atom stereocenters. The lowest BCUT2D eigenvalue weighted by Gasteiger charge is -2.20. The Morgan fingerprint density at radius 3 is 2.68 bits per heavy atom. The van der Waals surface area contributed by atoms with Gasteiger partial charge in [0.25, 0.3) is 5.92 Å². The largest absolute Gasteiger partial charge is 0.276 e. The summed E-state index contributed by atoms with van der Waals surface area (Å²) in [4.78, 5) is 0. The van der Waals surface area contributed by atoms with Crippen LogP contribution in [0, 0.1) is 0 Å². The molecule has 0 spiro atoms. The molecule has 0 aliphatic heterocycles. The van der Waals surface area contributed by atoms with Gasteiger partial charge in [-0.25, -0.2) is 8.78 Å². The highest BCUT2D eigenvalue weighted by Gasteiger charge is 2.32. The molecule has 0 nitrogen and oxygen atoms in total. The Hall–Kier alpha value is -1.44. The van der Waals surface area contributed by atoms with E-state index in [1.807, 2.05) is 38.1 Å². The van der Waals surface area contributed by atoms with Crippen LogP contribution in [0.1, 0.15) is 50.2 Å². The van der Waals surface area contributed by atoms with Crippen LogP contribution in [0.4, 0.5) is 8.78 Å². The molecule has 2 heteroatoms. The molecule has 0 amide bonds. The zero-order chi connectivity index (χ0) is 13.9. The van der Waals surface area contributed by atoms with Crippen LogP contribution in [0.25, 0.3) is 0 Å². The molecule has 0 saturated heterocycles. The third-order valence-electron chi connectivity index (χ3n) is 3.52. The van der Waals surface area contributed by atoms with Crippen LogP contribution in [0.15, 0.2) is 48.1 Å². The van der Waals surface area contributed by atoms with Gasteiger partial charge in [-0.05, 0) is 30.4 Å². The van der Waals surface area contributed by atoms with Crippen LogP contribution >= 0.6 is 0 Å². The van der Waals surface area contributed by atoms with Gasteiger partial charge in [-0.1, -0.05) is 55.8 Å². The molecule has 0 fully saturated rings. The number of hydrogen-bond donors (Lipinski definition) is 0. The zero-order valence-corrected chi connectivity index (χ0v) is 11.5. The van der Waals surface area contributed by atoms with Gasteiger partial charge in [0.05, 0.1) is 0 Å². The molecule has 0 N–H and O–H groups in total. The van der Waals surface area contributed by atoms with E-state index in [2.05, 4.69) is 0 Å². The number of halogens is 2. The van der Waals surface area contributed by atoms with Crippen molar-refractivity contribution < 1.29 is 8.78 Å². The van der Waals surface area contributed by atoms with Crippen molar-refractivity contribution in [1.82, 2.24) is 0 Å². The van der Waals surface area contributed by atoms with E-state index in [1.54, 1.807) is 12.1 Å². The van der Waals surface area contributed by atoms with Crippen molar-refractivity contribution in [3.8, 4) is 0 Å². The fourth-order valence-corrected chi connectivity index (χ4v) is 2.31. The van der Waals surface area contributed by atoms with Crippen LogP contribution in [0.5, 0.6) is 0 Å². The first-order chi connectivity index (χ1) is 8.99. The molecule has 0 bridgehead atoms. The van der Waals surface area contributed by atoms with E-state index >= 15 is 0 Å². The normalized spacial score (nSPS) is 15.7. The predicted octanol–water partition coefficient (Wildman–Crippen LogP) is 5.57. The summed E-state index contributed by atoms with van der Waals surface area (Å²) in [7, 11) is 0. The molecule has 0 aromatic heterocycles. The maximum Gasteiger partial charge on any atom is 0.276 e. The molecule has 102 valence electrons. The molecule has 19 heavy (non-hydrogen) atoms. The van der Waals surface area contributed by atoms with Crippen molar-refractivity contribution in [1.29, 1.82) is 0 Å². The van der Waals surface area contributed by atoms with Crippen molar-refractivity contribution >= 4 is 0 Å². The Kier molecular flexibility index (Phi) is 4.18. The molecule has 0 unspecified atom stereocenters. The number of alkyl halides is 2. The topological polar surface area (TPSA) is 0 Å². The smallest absolute Gasteiger partial charge is 0.201 e. The van der Waals surface area contributed by atoms with Crippen molar-refractivity contribution in [2.45, 2.75) is 45.0 Å². The average Bonchev–Trinajstić information content (AvgIpc) is 2.39. The fourth-order valence-electron chi connectivity index (χ4n) is 2.31. The van der Waals surface area contributed by atoms with Crippen molar-refractivity contribution in [2.75, 3.05) is 0 Å². The van der Waals surface area contributed by atoms with Gasteiger partial charge in [0.2, 0.25) is 0 Å². The Labute approximate surface area is 113 Å². The van der Waals surface area contributed by atoms with Crippen LogP contribution in [0.2, 0.25) is 0 Å². The minimum absolute atomic E-state index is 0.133. The maximum atomic E-state index is 14.3. The molecular weight excluding hydrogens is 242 g/mol. The van der Waals surface area contributed by atoms with Crippen molar-refractivity contribution in [2.24, 2.45) is 0 Å². The summed E-state index contributed by atoms with van der Waals surface area (Å²) in [6, 6.07) is 6.82. The standard InChI is InChI=1S/C17H20F2/c1-13(2)15-9-6-10-16(11-15)17(18,19)12-14-7-4-3-5-8-14/h3-4,6-7,9-11,13H,5,8,12H2,1-2H3. The third kappa shape index (κ3) is 3.52. The molecule has 1 aliphatic rings. The first kappa shape index (κ1) is 14.0. The summed E-state index contributed by atoms with van der Waals surface area (Å²) in [5.74, 6) is -2.50. The van der Waals surface area contributed by atoms with Gasteiger partial charge in [-0.15, -0.1) is 0 Å². The molecule has 1 aromatic rings. The zero-order valence-electron chi connectivity index (χ0n) is 11.5. The predicted molar refractivity (Wildman–Crippen MR) is 75.5 cm³/mol. The van der Waals surface area contributed by atoms with E-state index in [1.165, 1.54) is 6.07 Å². The Balaban J connectivity index is 2.20. The van der Waals surface area contributed by atoms with Gasteiger partial charge >= 0.3 is 0 Å². The molecule has 1 aliphatic carbocycles. The monoisotopic (exact) mass is 262 g/mol. The Morgan fingerprint density at radius 2 is 2.05 bits per heavy atom. The molecule has 0 saturated carbocycles. The lowest BCUT2D eigenvalue weighted by molar-refractivity contribution is -0.00457. The van der Waals surface area contributed by atoms with Gasteiger partial charge < -0.3 is 0 Å². The molecule has 2 rings (SSSR count). The van der Waals surface area contributed by atoms with Gasteiger partial charge in [-0.3, -0.25) is 0 Å². The first-order valence-electron chi connectivity index (χ1n) is 6.82. The van der Waals surface area contributed by atoms with Gasteiger partial charge in [-0.2, -0.15) is 0 Å². The fraction of sp³-hybridized carbons (Fsp3) is 0.412. The van der Waals surface area contributed by atoms with E-state index in [9.17, 15) is 8.78 Å². The maximum absolute atomic E-state index is 14.3. The van der Waals surface area contributed by atoms with Crippen LogP contribution in [0.3, 0.4) is 0 Å². The number of hydrogen-bond acceptors (Lipinski definition) is 0. The highest BCUT2D eigenvalue weighted by Crippen LogP contribution is 2.37. The second-order valence-electron chi connectivity index (χ2n) is 5.45. The van der Waals surface area contributed by atoms with Crippen LogP contribution < -0.4 is 0 Å². The van der Waals surface area contributed by atoms with E-state index in [-0.39, 0.29) is 17.9 Å². The Bertz CT molecular complexity index is 496. The third-order valence-corrected chi connectivity index (χ3v) is 3.52. The van der Waals surface area contributed by atoms with E-state index in [4.69, 9.17) is 0 Å². The molecule has 0 heterocycles. The first-order valence-corrected chi connectivity index (χ1v) is 6.82. The van der Waals surface area contributed by atoms with E-state index < -0.39 is 5.92 Å². The number of rotatable bonds is 4. The number of benzene rings is 1. The van der Waals surface area contributed by atoms with Crippen LogP contribution in [-0.4, -0.2) is 0 Å². The second-order valence-corrected chi connectivity index (χ2v) is 5.45. The lowest BCUT2D eigenvalue weighted by Crippen LogP contribution is -2.15. The van der Waals surface area contributed by atoms with Gasteiger partial charge in [0.1, 0.15) is 0 Å². The summed E-state index contributed by atoms with van der Waals surface area (Å²) in [6.07, 6.45) is 7.16. The Morgan fingerprint density at radius 1 is 1.26 bits per heavy atom. The minimum Gasteiger partial charge on any atom is -0.201 e. The highest BCUT2D eigenvalue weighted by molar-refractivity contribution is 5.30. The van der Waals surface area contributed by atoms with Gasteiger partial charge in [0, 0.05) is 12.0 Å². The summed E-state index contributed by atoms with van der Waals surface area (Å²) in [5.41, 5.74) is 1.94. The minimum atomic E-state index is -2.78. The van der Waals surface area contributed by atoms with Gasteiger partial charge in [0.15, 0.2) is 0 Å². The SMILES string of the molecule is CC(C)c1cccc(C(F)(F)CC2=CC=CCC2)c1. The quantitative estimate of drug-likeness (QED) is 0.665. The van der Waals surface area contributed by atoms with Crippen molar-refractivity contribution in [3.05, 3.63) is 59.2 Å². The summed E-state index contributed by atoms with van der Waals surface area (Å²) >= 11 is 0. The van der Waals surface area contributed by atoms with E-state index in [0.29, 0.717) is 0 Å². The van der Waals surface area contributed by atoms with Crippen LogP contribution in [-0.2, 0) is 5.92 Å². The molecular formula is C17H20F2. The second kappa shape index (κ2) is 5.68. The number of allylic oxidation sites excluding steroid dienone is 4. The molecule has 0 radical (unpaired) electrons.